The van der Waals surface area contributed by atoms with Crippen molar-refractivity contribution in [3.63, 3.8) is 0 Å². The van der Waals surface area contributed by atoms with Crippen LogP contribution in [-0.2, 0) is 5.60 Å². The summed E-state index contributed by atoms with van der Waals surface area (Å²) in [6.07, 6.45) is 1.13. The zero-order valence-corrected chi connectivity index (χ0v) is 11.2. The minimum absolute atomic E-state index is 0.0249. The maximum Gasteiger partial charge on any atom is 0.165 e. The highest BCUT2D eigenvalue weighted by Gasteiger charge is 2.40. The number of aliphatic hydroxyl groups is 1. The minimum atomic E-state index is -1.45. The van der Waals surface area contributed by atoms with E-state index in [-0.39, 0.29) is 5.56 Å². The third-order valence-corrected chi connectivity index (χ3v) is 4.27. The van der Waals surface area contributed by atoms with Crippen LogP contribution in [0.5, 0.6) is 0 Å². The summed E-state index contributed by atoms with van der Waals surface area (Å²) in [5.41, 5.74) is 0.264. The van der Waals surface area contributed by atoms with E-state index >= 15 is 0 Å². The van der Waals surface area contributed by atoms with Crippen molar-refractivity contribution >= 4 is 0 Å². The Hall–Kier alpha value is -1.74. The summed E-state index contributed by atoms with van der Waals surface area (Å²) in [6.45, 7) is 2.08. The Kier molecular flexibility index (Phi) is 3.09. The second-order valence-corrected chi connectivity index (χ2v) is 5.49. The molecule has 0 aliphatic heterocycles. The van der Waals surface area contributed by atoms with Crippen molar-refractivity contribution in [3.05, 3.63) is 70.8 Å². The molecule has 2 unspecified atom stereocenters. The Balaban J connectivity index is 2.23. The first-order valence-corrected chi connectivity index (χ1v) is 6.80. The van der Waals surface area contributed by atoms with E-state index in [0.29, 0.717) is 17.9 Å². The van der Waals surface area contributed by atoms with Crippen LogP contribution < -0.4 is 0 Å². The number of halogens is 2. The first kappa shape index (κ1) is 13.3. The standard InChI is InChI=1S/C17H16F2O/c1-11-9-10-17(20,13-6-3-2-5-12(11)13)14-7-4-8-15(18)16(14)19/h2-8,11,20H,9-10H2,1H3. The maximum absolute atomic E-state index is 14.1. The molecule has 2 aromatic rings. The van der Waals surface area contributed by atoms with Gasteiger partial charge in [-0.2, -0.15) is 0 Å². The Bertz CT molecular complexity index is 653. The van der Waals surface area contributed by atoms with Crippen LogP contribution in [0, 0.1) is 11.6 Å². The summed E-state index contributed by atoms with van der Waals surface area (Å²) >= 11 is 0. The molecular formula is C17H16F2O. The van der Waals surface area contributed by atoms with Crippen molar-refractivity contribution < 1.29 is 13.9 Å². The molecule has 0 radical (unpaired) electrons. The SMILES string of the molecule is CC1CCC(O)(c2cccc(F)c2F)c2ccccc21. The van der Waals surface area contributed by atoms with E-state index < -0.39 is 17.2 Å². The fourth-order valence-electron chi connectivity index (χ4n) is 3.12. The Labute approximate surface area is 116 Å². The van der Waals surface area contributed by atoms with Gasteiger partial charge >= 0.3 is 0 Å². The molecule has 0 aromatic heterocycles. The molecule has 1 N–H and O–H groups in total. The summed E-state index contributed by atoms with van der Waals surface area (Å²) in [5.74, 6) is -1.57. The number of hydrogen-bond acceptors (Lipinski definition) is 1. The van der Waals surface area contributed by atoms with E-state index in [2.05, 4.69) is 6.92 Å². The fraction of sp³-hybridized carbons (Fsp3) is 0.294. The van der Waals surface area contributed by atoms with Gasteiger partial charge in [-0.1, -0.05) is 43.3 Å². The van der Waals surface area contributed by atoms with Gasteiger partial charge in [-0.05, 0) is 36.0 Å². The third-order valence-electron chi connectivity index (χ3n) is 4.27. The first-order chi connectivity index (χ1) is 9.54. The topological polar surface area (TPSA) is 20.2 Å². The molecule has 0 saturated carbocycles. The molecule has 0 amide bonds. The van der Waals surface area contributed by atoms with Crippen LogP contribution in [-0.4, -0.2) is 5.11 Å². The second-order valence-electron chi connectivity index (χ2n) is 5.49. The zero-order valence-electron chi connectivity index (χ0n) is 11.2. The van der Waals surface area contributed by atoms with Gasteiger partial charge in [0.05, 0.1) is 0 Å². The quantitative estimate of drug-likeness (QED) is 0.830. The molecule has 1 aliphatic carbocycles. The Morgan fingerprint density at radius 1 is 1.05 bits per heavy atom. The molecule has 3 heteroatoms. The summed E-state index contributed by atoms with van der Waals surface area (Å²) in [4.78, 5) is 0. The van der Waals surface area contributed by atoms with Crippen LogP contribution in [0.15, 0.2) is 42.5 Å². The Morgan fingerprint density at radius 3 is 2.55 bits per heavy atom. The van der Waals surface area contributed by atoms with Crippen molar-refractivity contribution in [2.75, 3.05) is 0 Å². The summed E-state index contributed by atoms with van der Waals surface area (Å²) in [5, 5.41) is 11.0. The number of hydrogen-bond donors (Lipinski definition) is 1. The van der Waals surface area contributed by atoms with E-state index in [0.717, 1.165) is 18.1 Å². The zero-order chi connectivity index (χ0) is 14.3. The average molecular weight is 274 g/mol. The number of rotatable bonds is 1. The van der Waals surface area contributed by atoms with Gasteiger partial charge in [-0.15, -0.1) is 0 Å². The molecular weight excluding hydrogens is 258 g/mol. The molecule has 0 heterocycles. The van der Waals surface area contributed by atoms with Gasteiger partial charge in [0.1, 0.15) is 5.60 Å². The van der Waals surface area contributed by atoms with Gasteiger partial charge in [0, 0.05) is 5.56 Å². The molecule has 0 saturated heterocycles. The molecule has 0 fully saturated rings. The number of benzene rings is 2. The molecule has 2 atom stereocenters. The van der Waals surface area contributed by atoms with Crippen LogP contribution in [0.25, 0.3) is 0 Å². The molecule has 3 rings (SSSR count). The van der Waals surface area contributed by atoms with Crippen molar-refractivity contribution in [2.24, 2.45) is 0 Å². The second kappa shape index (κ2) is 4.67. The summed E-state index contributed by atoms with van der Waals surface area (Å²) < 4.78 is 27.6. The van der Waals surface area contributed by atoms with Gasteiger partial charge in [-0.3, -0.25) is 0 Å². The van der Waals surface area contributed by atoms with Crippen LogP contribution in [0.2, 0.25) is 0 Å². The molecule has 2 aromatic carbocycles. The molecule has 104 valence electrons. The van der Waals surface area contributed by atoms with Crippen LogP contribution in [0.1, 0.15) is 42.4 Å². The molecule has 20 heavy (non-hydrogen) atoms. The van der Waals surface area contributed by atoms with Gasteiger partial charge < -0.3 is 5.11 Å². The van der Waals surface area contributed by atoms with Gasteiger partial charge in [0.2, 0.25) is 0 Å². The monoisotopic (exact) mass is 274 g/mol. The normalized spacial score (nSPS) is 25.3. The lowest BCUT2D eigenvalue weighted by Gasteiger charge is -2.37. The predicted octanol–water partition coefficient (Wildman–Crippen LogP) is 4.10. The maximum atomic E-state index is 14.1. The third kappa shape index (κ3) is 1.85. The van der Waals surface area contributed by atoms with Gasteiger partial charge in [0.15, 0.2) is 11.6 Å². The van der Waals surface area contributed by atoms with E-state index in [4.69, 9.17) is 0 Å². The summed E-state index contributed by atoms with van der Waals surface area (Å²) in [7, 11) is 0. The van der Waals surface area contributed by atoms with E-state index in [9.17, 15) is 13.9 Å². The van der Waals surface area contributed by atoms with Gasteiger partial charge in [-0.25, -0.2) is 8.78 Å². The van der Waals surface area contributed by atoms with Crippen molar-refractivity contribution in [1.82, 2.24) is 0 Å². The van der Waals surface area contributed by atoms with Crippen molar-refractivity contribution in [3.8, 4) is 0 Å². The minimum Gasteiger partial charge on any atom is -0.380 e. The van der Waals surface area contributed by atoms with Crippen molar-refractivity contribution in [2.45, 2.75) is 31.3 Å². The van der Waals surface area contributed by atoms with Crippen LogP contribution in [0.4, 0.5) is 8.78 Å². The highest BCUT2D eigenvalue weighted by molar-refractivity contribution is 5.45. The summed E-state index contributed by atoms with van der Waals surface area (Å²) in [6, 6.07) is 11.4. The smallest absolute Gasteiger partial charge is 0.165 e. The molecule has 1 nitrogen and oxygen atoms in total. The van der Waals surface area contributed by atoms with E-state index in [1.807, 2.05) is 18.2 Å². The average Bonchev–Trinajstić information content (AvgIpc) is 2.46. The number of fused-ring (bicyclic) bond motifs is 1. The lowest BCUT2D eigenvalue weighted by Crippen LogP contribution is -2.34. The highest BCUT2D eigenvalue weighted by Crippen LogP contribution is 2.45. The van der Waals surface area contributed by atoms with E-state index in [1.54, 1.807) is 6.07 Å². The van der Waals surface area contributed by atoms with Gasteiger partial charge in [0.25, 0.3) is 0 Å². The van der Waals surface area contributed by atoms with Crippen LogP contribution in [0.3, 0.4) is 0 Å². The highest BCUT2D eigenvalue weighted by atomic mass is 19.2. The fourth-order valence-corrected chi connectivity index (χ4v) is 3.12. The Morgan fingerprint density at radius 2 is 1.75 bits per heavy atom. The molecule has 0 spiro atoms. The lowest BCUT2D eigenvalue weighted by molar-refractivity contribution is 0.0536. The molecule has 1 aliphatic rings. The van der Waals surface area contributed by atoms with E-state index in [1.165, 1.54) is 12.1 Å². The first-order valence-electron chi connectivity index (χ1n) is 6.80. The predicted molar refractivity (Wildman–Crippen MR) is 73.4 cm³/mol. The lowest BCUT2D eigenvalue weighted by atomic mass is 9.71. The molecule has 0 bridgehead atoms. The van der Waals surface area contributed by atoms with Crippen molar-refractivity contribution in [1.29, 1.82) is 0 Å². The largest absolute Gasteiger partial charge is 0.380 e. The van der Waals surface area contributed by atoms with Crippen LogP contribution >= 0.6 is 0 Å².